The van der Waals surface area contributed by atoms with E-state index in [1.165, 1.54) is 0 Å². The van der Waals surface area contributed by atoms with Gasteiger partial charge in [-0.2, -0.15) is 13.2 Å². The summed E-state index contributed by atoms with van der Waals surface area (Å²) in [4.78, 5) is 0. The minimum absolute atomic E-state index is 0.403. The van der Waals surface area contributed by atoms with Gasteiger partial charge in [0.2, 0.25) is 0 Å². The van der Waals surface area contributed by atoms with Crippen molar-refractivity contribution in [3.05, 3.63) is 35.9 Å². The molecule has 0 bridgehead atoms. The highest BCUT2D eigenvalue weighted by Crippen LogP contribution is 2.43. The van der Waals surface area contributed by atoms with Crippen LogP contribution in [0.2, 0.25) is 0 Å². The van der Waals surface area contributed by atoms with Crippen LogP contribution in [-0.2, 0) is 0 Å². The van der Waals surface area contributed by atoms with E-state index in [2.05, 4.69) is 17.6 Å². The monoisotopic (exact) mass is 291 g/mol. The Morgan fingerprint density at radius 3 is 2.42 bits per heavy atom. The van der Waals surface area contributed by atoms with E-state index in [9.17, 15) is 18.3 Å². The van der Waals surface area contributed by atoms with E-state index in [1.54, 1.807) is 30.3 Å². The zero-order chi connectivity index (χ0) is 14.3. The van der Waals surface area contributed by atoms with E-state index in [0.717, 1.165) is 0 Å². The number of nitrogens with zero attached hydrogens (tertiary/aromatic N) is 1. The summed E-state index contributed by atoms with van der Waals surface area (Å²) in [5, 5.41) is 9.71. The topological polar surface area (TPSA) is 61.5 Å². The summed E-state index contributed by atoms with van der Waals surface area (Å²) < 4.78 is 39.0. The molecule has 4 nitrogen and oxygen atoms in total. The highest BCUT2D eigenvalue weighted by molar-refractivity contribution is 7.80. The van der Waals surface area contributed by atoms with Crippen LogP contribution in [0.5, 0.6) is 0 Å². The molecule has 2 atom stereocenters. The molecule has 1 aromatic carbocycles. The first-order chi connectivity index (χ1) is 8.75. The molecule has 0 saturated carbocycles. The Hall–Kier alpha value is -1.38. The molecule has 0 aliphatic carbocycles. The van der Waals surface area contributed by atoms with Crippen LogP contribution in [0.3, 0.4) is 0 Å². The summed E-state index contributed by atoms with van der Waals surface area (Å²) in [5.74, 6) is 0. The third kappa shape index (κ3) is 2.38. The number of rotatable bonds is 1. The average molecular weight is 291 g/mol. The number of aliphatic hydroxyl groups is 1. The number of hydrogen-bond donors (Lipinski definition) is 3. The zero-order valence-corrected chi connectivity index (χ0v) is 10.5. The predicted octanol–water partition coefficient (Wildman–Crippen LogP) is 1.43. The lowest BCUT2D eigenvalue weighted by Crippen LogP contribution is -2.61. The molecule has 4 N–H and O–H groups in total. The highest BCUT2D eigenvalue weighted by atomic mass is 32.1. The molecule has 0 aromatic heterocycles. The number of hydrazine groups is 1. The van der Waals surface area contributed by atoms with Crippen molar-refractivity contribution in [2.45, 2.75) is 24.4 Å². The van der Waals surface area contributed by atoms with Crippen molar-refractivity contribution in [3.63, 3.8) is 0 Å². The Balaban J connectivity index is 2.34. The molecular formula is C11H12F3N3OS. The molecular weight excluding hydrogens is 279 g/mol. The Labute approximate surface area is 113 Å². The lowest BCUT2D eigenvalue weighted by atomic mass is 9.99. The third-order valence-electron chi connectivity index (χ3n) is 3.02. The molecule has 1 aliphatic rings. The van der Waals surface area contributed by atoms with E-state index in [0.29, 0.717) is 10.6 Å². The van der Waals surface area contributed by atoms with Crippen LogP contribution in [0.25, 0.3) is 0 Å². The van der Waals surface area contributed by atoms with E-state index < -0.39 is 29.5 Å². The smallest absolute Gasteiger partial charge is 0.375 e. The van der Waals surface area contributed by atoms with Gasteiger partial charge < -0.3 is 10.8 Å². The Bertz CT molecular complexity index is 482. The SMILES string of the molecule is NC(=S)N1NC(c2ccccc2)CC1(O)C(F)(F)F. The molecule has 1 fully saturated rings. The largest absolute Gasteiger partial charge is 0.438 e. The molecule has 2 unspecified atom stereocenters. The molecule has 0 radical (unpaired) electrons. The first kappa shape index (κ1) is 14.0. The summed E-state index contributed by atoms with van der Waals surface area (Å²) in [6, 6.07) is 7.77. The molecule has 1 heterocycles. The van der Waals surface area contributed by atoms with Gasteiger partial charge in [-0.25, -0.2) is 10.4 Å². The summed E-state index contributed by atoms with van der Waals surface area (Å²) in [6.07, 6.45) is -5.45. The Kier molecular flexibility index (Phi) is 3.41. The first-order valence-corrected chi connectivity index (χ1v) is 5.86. The minimum atomic E-state index is -4.87. The van der Waals surface area contributed by atoms with E-state index in [4.69, 9.17) is 5.73 Å². The minimum Gasteiger partial charge on any atom is -0.375 e. The van der Waals surface area contributed by atoms with Crippen molar-refractivity contribution >= 4 is 17.3 Å². The number of nitrogens with two attached hydrogens (primary N) is 1. The van der Waals surface area contributed by atoms with E-state index in [1.807, 2.05) is 0 Å². The maximum Gasteiger partial charge on any atom is 0.438 e. The molecule has 8 heteroatoms. The maximum atomic E-state index is 13.0. The second-order valence-corrected chi connectivity index (χ2v) is 4.70. The molecule has 1 aliphatic heterocycles. The third-order valence-corrected chi connectivity index (χ3v) is 3.20. The standard InChI is InChI=1S/C11H12F3N3OS/c12-11(13,14)10(18)6-8(16-17(10)9(15)19)7-4-2-1-3-5-7/h1-5,8,16,18H,6H2,(H2,15,19). The zero-order valence-electron chi connectivity index (χ0n) is 9.69. The number of halogens is 3. The molecule has 0 spiro atoms. The summed E-state index contributed by atoms with van der Waals surface area (Å²) in [7, 11) is 0. The van der Waals surface area contributed by atoms with Gasteiger partial charge >= 0.3 is 6.18 Å². The molecule has 1 saturated heterocycles. The fraction of sp³-hybridized carbons (Fsp3) is 0.364. The van der Waals surface area contributed by atoms with Gasteiger partial charge in [0.15, 0.2) is 5.11 Å². The fourth-order valence-corrected chi connectivity index (χ4v) is 2.25. The normalized spacial score (nSPS) is 27.6. The molecule has 0 amide bonds. The molecule has 1 aromatic rings. The number of nitrogens with one attached hydrogen (secondary N) is 1. The number of thiocarbonyl (C=S) groups is 1. The van der Waals surface area contributed by atoms with Gasteiger partial charge in [0.25, 0.3) is 5.72 Å². The predicted molar refractivity (Wildman–Crippen MR) is 66.6 cm³/mol. The van der Waals surface area contributed by atoms with E-state index in [-0.39, 0.29) is 0 Å². The summed E-state index contributed by atoms with van der Waals surface area (Å²) in [5.41, 5.74) is 5.26. The van der Waals surface area contributed by atoms with Crippen LogP contribution in [0.1, 0.15) is 18.0 Å². The molecule has 19 heavy (non-hydrogen) atoms. The average Bonchev–Trinajstić information content (AvgIpc) is 2.69. The Morgan fingerprint density at radius 1 is 1.42 bits per heavy atom. The van der Waals surface area contributed by atoms with Crippen LogP contribution in [-0.4, -0.2) is 27.1 Å². The molecule has 104 valence electrons. The van der Waals surface area contributed by atoms with Gasteiger partial charge in [0.1, 0.15) is 0 Å². The summed E-state index contributed by atoms with van der Waals surface area (Å²) in [6.45, 7) is 0. The second-order valence-electron chi connectivity index (χ2n) is 4.28. The number of alkyl halides is 3. The first-order valence-electron chi connectivity index (χ1n) is 5.45. The second kappa shape index (κ2) is 4.62. The lowest BCUT2D eigenvalue weighted by Gasteiger charge is -2.34. The van der Waals surface area contributed by atoms with Gasteiger partial charge in [-0.05, 0) is 17.8 Å². The van der Waals surface area contributed by atoms with Gasteiger partial charge in [-0.3, -0.25) is 0 Å². The molecule has 2 rings (SSSR count). The van der Waals surface area contributed by atoms with Gasteiger partial charge in [-0.15, -0.1) is 0 Å². The van der Waals surface area contributed by atoms with Gasteiger partial charge in [-0.1, -0.05) is 30.3 Å². The summed E-state index contributed by atoms with van der Waals surface area (Å²) >= 11 is 4.56. The van der Waals surface area contributed by atoms with Crippen molar-refractivity contribution in [1.29, 1.82) is 0 Å². The van der Waals surface area contributed by atoms with Crippen LogP contribution < -0.4 is 11.2 Å². The Morgan fingerprint density at radius 2 is 2.00 bits per heavy atom. The quantitative estimate of drug-likeness (QED) is 0.683. The fourth-order valence-electron chi connectivity index (χ4n) is 2.05. The van der Waals surface area contributed by atoms with Crippen molar-refractivity contribution < 1.29 is 18.3 Å². The van der Waals surface area contributed by atoms with Crippen molar-refractivity contribution in [2.75, 3.05) is 0 Å². The maximum absolute atomic E-state index is 13.0. The highest BCUT2D eigenvalue weighted by Gasteiger charge is 2.63. The van der Waals surface area contributed by atoms with Crippen molar-refractivity contribution in [3.8, 4) is 0 Å². The van der Waals surface area contributed by atoms with E-state index >= 15 is 0 Å². The van der Waals surface area contributed by atoms with Crippen LogP contribution >= 0.6 is 12.2 Å². The lowest BCUT2D eigenvalue weighted by molar-refractivity contribution is -0.296. The number of benzene rings is 1. The van der Waals surface area contributed by atoms with Crippen LogP contribution in [0.4, 0.5) is 13.2 Å². The van der Waals surface area contributed by atoms with Crippen LogP contribution in [0.15, 0.2) is 30.3 Å². The van der Waals surface area contributed by atoms with Crippen molar-refractivity contribution in [1.82, 2.24) is 10.4 Å². The number of hydrogen-bond acceptors (Lipinski definition) is 3. The van der Waals surface area contributed by atoms with Gasteiger partial charge in [0, 0.05) is 6.42 Å². The van der Waals surface area contributed by atoms with Gasteiger partial charge in [0.05, 0.1) is 6.04 Å². The van der Waals surface area contributed by atoms with Crippen molar-refractivity contribution in [2.24, 2.45) is 5.73 Å². The van der Waals surface area contributed by atoms with Crippen LogP contribution in [0, 0.1) is 0 Å².